The molecule has 0 aliphatic heterocycles. The molecule has 2 nitrogen and oxygen atoms in total. The van der Waals surface area contributed by atoms with Crippen LogP contribution in [0.4, 0.5) is 0 Å². The molecule has 12 heavy (non-hydrogen) atoms. The fourth-order valence-corrected chi connectivity index (χ4v) is 3.41. The average Bonchev–Trinajstić information content (AvgIpc) is 2.26. The highest BCUT2D eigenvalue weighted by molar-refractivity contribution is 5.16. The molecule has 0 spiro atoms. The van der Waals surface area contributed by atoms with Crippen LogP contribution in [-0.4, -0.2) is 17.3 Å². The van der Waals surface area contributed by atoms with Gasteiger partial charge in [0.15, 0.2) is 0 Å². The fourth-order valence-electron chi connectivity index (χ4n) is 3.41. The van der Waals surface area contributed by atoms with Crippen LogP contribution in [-0.2, 0) is 0 Å². The maximum absolute atomic E-state index is 9.96. The normalized spacial score (nSPS) is 56.2. The Morgan fingerprint density at radius 2 is 1.92 bits per heavy atom. The first kappa shape index (κ1) is 8.52. The van der Waals surface area contributed by atoms with Crippen LogP contribution in [0.25, 0.3) is 0 Å². The van der Waals surface area contributed by atoms with Crippen LogP contribution in [0.2, 0.25) is 0 Å². The number of hydrogen-bond donors (Lipinski definition) is 2. The standard InChI is InChI=1S/C10H19NO/c1-9(2)6-4-5-10(9,3)8(12)7(6)11/h6-8,12H,4-5,11H2,1-3H3/t6-,7+,8+,10+/m0/s1. The van der Waals surface area contributed by atoms with Crippen molar-refractivity contribution in [1.82, 2.24) is 0 Å². The van der Waals surface area contributed by atoms with Crippen molar-refractivity contribution in [2.24, 2.45) is 22.5 Å². The second-order valence-corrected chi connectivity index (χ2v) is 5.31. The summed E-state index contributed by atoms with van der Waals surface area (Å²) in [4.78, 5) is 0. The molecule has 4 atom stereocenters. The van der Waals surface area contributed by atoms with Gasteiger partial charge in [-0.25, -0.2) is 0 Å². The zero-order valence-corrected chi connectivity index (χ0v) is 8.17. The molecule has 0 amide bonds. The molecule has 2 rings (SSSR count). The number of fused-ring (bicyclic) bond motifs is 2. The summed E-state index contributed by atoms with van der Waals surface area (Å²) in [6, 6.07) is 0.0127. The lowest BCUT2D eigenvalue weighted by molar-refractivity contribution is 0.00582. The number of hydrogen-bond acceptors (Lipinski definition) is 2. The minimum atomic E-state index is -0.286. The van der Waals surface area contributed by atoms with E-state index in [4.69, 9.17) is 5.73 Å². The highest BCUT2D eigenvalue weighted by atomic mass is 16.3. The molecular formula is C10H19NO. The van der Waals surface area contributed by atoms with Crippen LogP contribution in [0.5, 0.6) is 0 Å². The summed E-state index contributed by atoms with van der Waals surface area (Å²) in [6.45, 7) is 6.69. The molecule has 2 saturated carbocycles. The maximum atomic E-state index is 9.96. The highest BCUT2D eigenvalue weighted by Gasteiger charge is 2.64. The number of aliphatic hydroxyl groups is 1. The number of rotatable bonds is 0. The summed E-state index contributed by atoms with van der Waals surface area (Å²) >= 11 is 0. The van der Waals surface area contributed by atoms with Gasteiger partial charge in [0.2, 0.25) is 0 Å². The first-order valence-corrected chi connectivity index (χ1v) is 4.85. The molecule has 0 radical (unpaired) electrons. The summed E-state index contributed by atoms with van der Waals surface area (Å²) < 4.78 is 0. The maximum Gasteiger partial charge on any atom is 0.0752 e. The third-order valence-electron chi connectivity index (χ3n) is 4.86. The first-order chi connectivity index (χ1) is 5.41. The predicted octanol–water partition coefficient (Wildman–Crippen LogP) is 1.13. The summed E-state index contributed by atoms with van der Waals surface area (Å²) in [5, 5.41) is 9.96. The molecule has 2 bridgehead atoms. The molecule has 2 fully saturated rings. The summed E-state index contributed by atoms with van der Waals surface area (Å²) in [6.07, 6.45) is 2.05. The lowest BCUT2D eigenvalue weighted by atomic mass is 9.70. The van der Waals surface area contributed by atoms with Gasteiger partial charge in [0.1, 0.15) is 0 Å². The Labute approximate surface area is 74.1 Å². The van der Waals surface area contributed by atoms with Gasteiger partial charge >= 0.3 is 0 Å². The third kappa shape index (κ3) is 0.647. The Kier molecular flexibility index (Phi) is 1.45. The Hall–Kier alpha value is -0.0800. The van der Waals surface area contributed by atoms with E-state index < -0.39 is 0 Å². The third-order valence-corrected chi connectivity index (χ3v) is 4.86. The zero-order chi connectivity index (χ0) is 9.15. The summed E-state index contributed by atoms with van der Waals surface area (Å²) in [5.74, 6) is 0.525. The molecule has 2 heteroatoms. The van der Waals surface area contributed by atoms with Gasteiger partial charge in [-0.2, -0.15) is 0 Å². The van der Waals surface area contributed by atoms with Crippen molar-refractivity contribution in [2.45, 2.75) is 45.8 Å². The minimum Gasteiger partial charge on any atom is -0.391 e. The van der Waals surface area contributed by atoms with E-state index in [0.717, 1.165) is 6.42 Å². The Balaban J connectivity index is 2.44. The highest BCUT2D eigenvalue weighted by Crippen LogP contribution is 2.64. The smallest absolute Gasteiger partial charge is 0.0752 e. The van der Waals surface area contributed by atoms with E-state index >= 15 is 0 Å². The average molecular weight is 169 g/mol. The van der Waals surface area contributed by atoms with Gasteiger partial charge in [-0.3, -0.25) is 0 Å². The molecule has 0 aromatic heterocycles. The van der Waals surface area contributed by atoms with E-state index in [1.54, 1.807) is 0 Å². The van der Waals surface area contributed by atoms with Crippen LogP contribution >= 0.6 is 0 Å². The van der Waals surface area contributed by atoms with Gasteiger partial charge in [0.25, 0.3) is 0 Å². The zero-order valence-electron chi connectivity index (χ0n) is 8.17. The monoisotopic (exact) mass is 169 g/mol. The first-order valence-electron chi connectivity index (χ1n) is 4.85. The van der Waals surface area contributed by atoms with Gasteiger partial charge in [0, 0.05) is 11.5 Å². The van der Waals surface area contributed by atoms with Crippen molar-refractivity contribution in [3.63, 3.8) is 0 Å². The fraction of sp³-hybridized carbons (Fsp3) is 1.00. The van der Waals surface area contributed by atoms with Gasteiger partial charge in [-0.15, -0.1) is 0 Å². The summed E-state index contributed by atoms with van der Waals surface area (Å²) in [7, 11) is 0. The van der Waals surface area contributed by atoms with Crippen LogP contribution in [0.1, 0.15) is 33.6 Å². The van der Waals surface area contributed by atoms with Crippen molar-refractivity contribution in [3.05, 3.63) is 0 Å². The molecule has 0 heterocycles. The van der Waals surface area contributed by atoms with Gasteiger partial charge in [-0.1, -0.05) is 20.8 Å². The van der Waals surface area contributed by atoms with Crippen LogP contribution in [0, 0.1) is 16.7 Å². The van der Waals surface area contributed by atoms with Gasteiger partial charge in [0.05, 0.1) is 6.10 Å². The molecule has 3 N–H and O–H groups in total. The van der Waals surface area contributed by atoms with E-state index in [1.807, 2.05) is 0 Å². The molecule has 70 valence electrons. The van der Waals surface area contributed by atoms with Gasteiger partial charge in [-0.05, 0) is 24.2 Å². The molecular weight excluding hydrogens is 150 g/mol. The molecule has 0 unspecified atom stereocenters. The molecule has 0 saturated heterocycles. The number of nitrogens with two attached hydrogens (primary N) is 1. The SMILES string of the molecule is CC1(C)[C@H]2CC[C@]1(C)[C@H](O)[C@@H]2N. The van der Waals surface area contributed by atoms with Crippen LogP contribution in [0.3, 0.4) is 0 Å². The second kappa shape index (κ2) is 2.05. The van der Waals surface area contributed by atoms with Crippen LogP contribution in [0.15, 0.2) is 0 Å². The Bertz CT molecular complexity index is 214. The Morgan fingerprint density at radius 3 is 2.17 bits per heavy atom. The largest absolute Gasteiger partial charge is 0.391 e. The summed E-state index contributed by atoms with van der Waals surface area (Å²) in [5.41, 5.74) is 6.27. The topological polar surface area (TPSA) is 46.2 Å². The van der Waals surface area contributed by atoms with E-state index in [-0.39, 0.29) is 23.0 Å². The van der Waals surface area contributed by atoms with Crippen molar-refractivity contribution >= 4 is 0 Å². The van der Waals surface area contributed by atoms with E-state index in [9.17, 15) is 5.11 Å². The van der Waals surface area contributed by atoms with Crippen molar-refractivity contribution in [2.75, 3.05) is 0 Å². The van der Waals surface area contributed by atoms with E-state index in [0.29, 0.717) is 5.92 Å². The minimum absolute atomic E-state index is 0.0127. The van der Waals surface area contributed by atoms with Crippen molar-refractivity contribution in [1.29, 1.82) is 0 Å². The number of aliphatic hydroxyl groups excluding tert-OH is 1. The Morgan fingerprint density at radius 1 is 1.33 bits per heavy atom. The lowest BCUT2D eigenvalue weighted by Gasteiger charge is -2.36. The van der Waals surface area contributed by atoms with E-state index in [2.05, 4.69) is 20.8 Å². The van der Waals surface area contributed by atoms with E-state index in [1.165, 1.54) is 6.42 Å². The van der Waals surface area contributed by atoms with Gasteiger partial charge < -0.3 is 10.8 Å². The second-order valence-electron chi connectivity index (χ2n) is 5.31. The van der Waals surface area contributed by atoms with Crippen molar-refractivity contribution < 1.29 is 5.11 Å². The predicted molar refractivity (Wildman–Crippen MR) is 48.6 cm³/mol. The molecule has 2 aliphatic carbocycles. The van der Waals surface area contributed by atoms with Crippen molar-refractivity contribution in [3.8, 4) is 0 Å². The molecule has 2 aliphatic rings. The quantitative estimate of drug-likeness (QED) is 0.571. The lowest BCUT2D eigenvalue weighted by Crippen LogP contribution is -2.43. The van der Waals surface area contributed by atoms with Crippen LogP contribution < -0.4 is 5.73 Å². The molecule has 0 aromatic rings. The molecule has 0 aromatic carbocycles.